The Morgan fingerprint density at radius 1 is 1.36 bits per heavy atom. The van der Waals surface area contributed by atoms with Gasteiger partial charge in [-0.25, -0.2) is 9.59 Å². The minimum absolute atomic E-state index is 0.0952. The average Bonchev–Trinajstić information content (AvgIpc) is 2.90. The number of urea groups is 1. The van der Waals surface area contributed by atoms with Crippen molar-refractivity contribution in [2.75, 3.05) is 24.6 Å². The first-order valence-electron chi connectivity index (χ1n) is 7.14. The highest BCUT2D eigenvalue weighted by Gasteiger charge is 2.22. The van der Waals surface area contributed by atoms with Crippen molar-refractivity contribution in [3.63, 3.8) is 0 Å². The van der Waals surface area contributed by atoms with E-state index in [1.54, 1.807) is 4.90 Å². The van der Waals surface area contributed by atoms with Gasteiger partial charge in [-0.1, -0.05) is 11.8 Å². The summed E-state index contributed by atoms with van der Waals surface area (Å²) in [7, 11) is 0. The van der Waals surface area contributed by atoms with Crippen LogP contribution in [0.4, 0.5) is 15.3 Å². The second-order valence-corrected chi connectivity index (χ2v) is 5.10. The molecule has 1 aliphatic rings. The van der Waals surface area contributed by atoms with Crippen molar-refractivity contribution in [2.45, 2.75) is 19.9 Å². The smallest absolute Gasteiger partial charge is 0.414 e. The summed E-state index contributed by atoms with van der Waals surface area (Å²) >= 11 is 0. The molecule has 0 spiro atoms. The molecule has 6 nitrogen and oxygen atoms in total. The molecule has 0 atom stereocenters. The molecule has 1 aromatic rings. The first-order valence-corrected chi connectivity index (χ1v) is 7.14. The molecule has 2 rings (SSSR count). The largest absolute Gasteiger partial charge is 0.447 e. The highest BCUT2D eigenvalue weighted by molar-refractivity contribution is 5.89. The molecule has 0 radical (unpaired) electrons. The Labute approximate surface area is 129 Å². The van der Waals surface area contributed by atoms with Crippen LogP contribution >= 0.6 is 0 Å². The van der Waals surface area contributed by atoms with E-state index in [9.17, 15) is 9.59 Å². The summed E-state index contributed by atoms with van der Waals surface area (Å²) in [6.07, 6.45) is -0.320. The average molecular weight is 301 g/mol. The van der Waals surface area contributed by atoms with Crippen molar-refractivity contribution in [1.29, 1.82) is 0 Å². The number of cyclic esters (lactones) is 1. The minimum atomic E-state index is -0.320. The van der Waals surface area contributed by atoms with Crippen molar-refractivity contribution in [3.8, 4) is 11.8 Å². The van der Waals surface area contributed by atoms with E-state index in [1.807, 2.05) is 38.1 Å². The first-order chi connectivity index (χ1) is 10.6. The van der Waals surface area contributed by atoms with E-state index in [0.717, 1.165) is 11.3 Å². The van der Waals surface area contributed by atoms with E-state index in [-0.39, 0.29) is 24.7 Å². The fourth-order valence-electron chi connectivity index (χ4n) is 1.94. The van der Waals surface area contributed by atoms with Gasteiger partial charge < -0.3 is 15.4 Å². The van der Waals surface area contributed by atoms with Gasteiger partial charge in [0.05, 0.1) is 13.1 Å². The minimum Gasteiger partial charge on any atom is -0.447 e. The molecule has 2 N–H and O–H groups in total. The molecule has 1 aliphatic heterocycles. The number of amides is 3. The normalized spacial score (nSPS) is 13.4. The molecular weight excluding hydrogens is 282 g/mol. The maximum atomic E-state index is 11.4. The van der Waals surface area contributed by atoms with Gasteiger partial charge in [-0.2, -0.15) is 0 Å². The Balaban J connectivity index is 1.85. The molecule has 0 aliphatic carbocycles. The van der Waals surface area contributed by atoms with Gasteiger partial charge in [0.2, 0.25) is 0 Å². The van der Waals surface area contributed by atoms with E-state index < -0.39 is 0 Å². The number of benzene rings is 1. The Morgan fingerprint density at radius 2 is 2.09 bits per heavy atom. The van der Waals surface area contributed by atoms with Gasteiger partial charge in [0, 0.05) is 17.3 Å². The zero-order valence-electron chi connectivity index (χ0n) is 12.7. The molecule has 6 heteroatoms. The Hall–Kier alpha value is -2.68. The summed E-state index contributed by atoms with van der Waals surface area (Å²) in [4.78, 5) is 24.4. The molecule has 3 amide bonds. The lowest BCUT2D eigenvalue weighted by Gasteiger charge is -2.12. The highest BCUT2D eigenvalue weighted by atomic mass is 16.6. The Morgan fingerprint density at radius 3 is 2.68 bits per heavy atom. The molecule has 0 unspecified atom stereocenters. The maximum Gasteiger partial charge on any atom is 0.414 e. The summed E-state index contributed by atoms with van der Waals surface area (Å²) in [5.41, 5.74) is 1.62. The van der Waals surface area contributed by atoms with Crippen LogP contribution in [-0.4, -0.2) is 37.9 Å². The van der Waals surface area contributed by atoms with Crippen molar-refractivity contribution in [2.24, 2.45) is 0 Å². The maximum absolute atomic E-state index is 11.4. The number of ether oxygens (including phenoxy) is 1. The SMILES string of the molecule is CC(C)NC(=O)NCC#Cc1ccc(N2CCOC2=O)cc1. The summed E-state index contributed by atoms with van der Waals surface area (Å²) in [5, 5.41) is 5.37. The number of rotatable bonds is 3. The third-order valence-electron chi connectivity index (χ3n) is 2.93. The molecule has 0 saturated carbocycles. The quantitative estimate of drug-likeness (QED) is 0.835. The molecule has 1 saturated heterocycles. The van der Waals surface area contributed by atoms with Crippen LogP contribution in [0.3, 0.4) is 0 Å². The lowest BCUT2D eigenvalue weighted by atomic mass is 10.2. The first kappa shape index (κ1) is 15.7. The molecule has 1 aromatic carbocycles. The van der Waals surface area contributed by atoms with Gasteiger partial charge >= 0.3 is 12.1 Å². The third-order valence-corrected chi connectivity index (χ3v) is 2.93. The number of carbonyl (C=O) groups excluding carboxylic acids is 2. The third kappa shape index (κ3) is 4.42. The Bertz CT molecular complexity index is 599. The molecule has 1 heterocycles. The van der Waals surface area contributed by atoms with Crippen molar-refractivity contribution < 1.29 is 14.3 Å². The van der Waals surface area contributed by atoms with E-state index in [2.05, 4.69) is 22.5 Å². The Kier molecular flexibility index (Phi) is 5.26. The second kappa shape index (κ2) is 7.36. The zero-order valence-corrected chi connectivity index (χ0v) is 12.7. The van der Waals surface area contributed by atoms with Crippen molar-refractivity contribution >= 4 is 17.8 Å². The van der Waals surface area contributed by atoms with E-state index in [4.69, 9.17) is 4.74 Å². The van der Waals surface area contributed by atoms with Crippen LogP contribution < -0.4 is 15.5 Å². The van der Waals surface area contributed by atoms with Crippen molar-refractivity contribution in [3.05, 3.63) is 29.8 Å². The van der Waals surface area contributed by atoms with Gasteiger partial charge in [-0.15, -0.1) is 0 Å². The van der Waals surface area contributed by atoms with E-state index >= 15 is 0 Å². The van der Waals surface area contributed by atoms with Crippen LogP contribution in [-0.2, 0) is 4.74 Å². The highest BCUT2D eigenvalue weighted by Crippen LogP contribution is 2.18. The summed E-state index contributed by atoms with van der Waals surface area (Å²) in [6, 6.07) is 7.19. The fourth-order valence-corrected chi connectivity index (χ4v) is 1.94. The van der Waals surface area contributed by atoms with Crippen LogP contribution in [0.25, 0.3) is 0 Å². The van der Waals surface area contributed by atoms with E-state index in [1.165, 1.54) is 0 Å². The monoisotopic (exact) mass is 301 g/mol. The fraction of sp³-hybridized carbons (Fsp3) is 0.375. The topological polar surface area (TPSA) is 70.7 Å². The summed E-state index contributed by atoms with van der Waals surface area (Å²) in [5.74, 6) is 5.83. The van der Waals surface area contributed by atoms with Gasteiger partial charge in [-0.05, 0) is 38.1 Å². The number of hydrogen-bond acceptors (Lipinski definition) is 3. The number of nitrogens with one attached hydrogen (secondary N) is 2. The van der Waals surface area contributed by atoms with Crippen LogP contribution in [0.15, 0.2) is 24.3 Å². The molecular formula is C16H19N3O3. The lowest BCUT2D eigenvalue weighted by Crippen LogP contribution is -2.39. The second-order valence-electron chi connectivity index (χ2n) is 5.10. The molecule has 1 fully saturated rings. The predicted octanol–water partition coefficient (Wildman–Crippen LogP) is 1.70. The van der Waals surface area contributed by atoms with Gasteiger partial charge in [-0.3, -0.25) is 4.90 Å². The van der Waals surface area contributed by atoms with Gasteiger partial charge in [0.25, 0.3) is 0 Å². The summed E-state index contributed by atoms with van der Waals surface area (Å²) < 4.78 is 4.89. The van der Waals surface area contributed by atoms with Crippen LogP contribution in [0, 0.1) is 11.8 Å². The zero-order chi connectivity index (χ0) is 15.9. The van der Waals surface area contributed by atoms with Crippen LogP contribution in [0.2, 0.25) is 0 Å². The lowest BCUT2D eigenvalue weighted by molar-refractivity contribution is 0.181. The predicted molar refractivity (Wildman–Crippen MR) is 83.7 cm³/mol. The number of anilines is 1. The van der Waals surface area contributed by atoms with E-state index in [0.29, 0.717) is 13.2 Å². The molecule has 0 aromatic heterocycles. The van der Waals surface area contributed by atoms with Gasteiger partial charge in [0.15, 0.2) is 0 Å². The summed E-state index contributed by atoms with van der Waals surface area (Å²) in [6.45, 7) is 5.05. The molecule has 22 heavy (non-hydrogen) atoms. The molecule has 0 bridgehead atoms. The number of nitrogens with zero attached hydrogens (tertiary/aromatic N) is 1. The standard InChI is InChI=1S/C16H19N3O3/c1-12(2)18-15(20)17-9-3-4-13-5-7-14(8-6-13)19-10-11-22-16(19)21/h5-8,12H,9-11H2,1-2H3,(H2,17,18,20). The number of hydrogen-bond donors (Lipinski definition) is 2. The van der Waals surface area contributed by atoms with Gasteiger partial charge in [0.1, 0.15) is 6.61 Å². The van der Waals surface area contributed by atoms with Crippen molar-refractivity contribution in [1.82, 2.24) is 10.6 Å². The van der Waals surface area contributed by atoms with Crippen LogP contribution in [0.5, 0.6) is 0 Å². The number of carbonyl (C=O) groups is 2. The van der Waals surface area contributed by atoms with Crippen LogP contribution in [0.1, 0.15) is 19.4 Å². The molecule has 116 valence electrons.